The maximum absolute atomic E-state index is 12.4. The van der Waals surface area contributed by atoms with E-state index in [1.807, 2.05) is 6.92 Å². The van der Waals surface area contributed by atoms with E-state index in [1.54, 1.807) is 0 Å². The van der Waals surface area contributed by atoms with Crippen molar-refractivity contribution in [2.24, 2.45) is 5.92 Å². The normalized spacial score (nSPS) is 30.7. The van der Waals surface area contributed by atoms with Crippen molar-refractivity contribution in [3.63, 3.8) is 0 Å². The van der Waals surface area contributed by atoms with Gasteiger partial charge in [0, 0.05) is 25.1 Å². The third-order valence-corrected chi connectivity index (χ3v) is 6.62. The number of rotatable bonds is 6. The molecule has 0 radical (unpaired) electrons. The van der Waals surface area contributed by atoms with Crippen molar-refractivity contribution in [1.29, 1.82) is 0 Å². The highest BCUT2D eigenvalue weighted by atomic mass is 32.2. The first-order chi connectivity index (χ1) is 9.99. The molecule has 3 unspecified atom stereocenters. The molecule has 1 heterocycles. The summed E-state index contributed by atoms with van der Waals surface area (Å²) in [6, 6.07) is -0.583. The topological polar surface area (TPSA) is 86.7 Å². The van der Waals surface area contributed by atoms with Gasteiger partial charge in [0.15, 0.2) is 0 Å². The van der Waals surface area contributed by atoms with Gasteiger partial charge in [0.05, 0.1) is 5.75 Å². The van der Waals surface area contributed by atoms with Crippen molar-refractivity contribution in [2.75, 3.05) is 18.9 Å². The van der Waals surface area contributed by atoms with Crippen LogP contribution < -0.4 is 5.32 Å². The zero-order chi connectivity index (χ0) is 15.5. The largest absolute Gasteiger partial charge is 0.396 e. The summed E-state index contributed by atoms with van der Waals surface area (Å²) in [4.78, 5) is 12.4. The molecule has 7 heteroatoms. The number of amides is 1. The minimum absolute atomic E-state index is 0.0150. The second-order valence-electron chi connectivity index (χ2n) is 6.07. The molecule has 2 fully saturated rings. The van der Waals surface area contributed by atoms with Crippen LogP contribution in [0, 0.1) is 5.92 Å². The van der Waals surface area contributed by atoms with Crippen LogP contribution in [0.25, 0.3) is 0 Å². The summed E-state index contributed by atoms with van der Waals surface area (Å²) in [7, 11) is -3.33. The van der Waals surface area contributed by atoms with E-state index in [1.165, 1.54) is 4.31 Å². The smallest absolute Gasteiger partial charge is 0.238 e. The monoisotopic (exact) mass is 318 g/mol. The van der Waals surface area contributed by atoms with Gasteiger partial charge in [-0.05, 0) is 32.1 Å². The van der Waals surface area contributed by atoms with Gasteiger partial charge in [-0.25, -0.2) is 8.42 Å². The Kier molecular flexibility index (Phi) is 5.62. The molecule has 0 bridgehead atoms. The van der Waals surface area contributed by atoms with Crippen molar-refractivity contribution in [3.05, 3.63) is 0 Å². The highest BCUT2D eigenvalue weighted by molar-refractivity contribution is 7.89. The summed E-state index contributed by atoms with van der Waals surface area (Å²) in [5.74, 6) is 0.00742. The molecule has 2 N–H and O–H groups in total. The predicted molar refractivity (Wildman–Crippen MR) is 80.2 cm³/mol. The van der Waals surface area contributed by atoms with Crippen molar-refractivity contribution >= 4 is 15.9 Å². The molecule has 0 aromatic carbocycles. The molecule has 1 aliphatic heterocycles. The first-order valence-corrected chi connectivity index (χ1v) is 9.51. The van der Waals surface area contributed by atoms with Crippen LogP contribution in [0.5, 0.6) is 0 Å². The maximum atomic E-state index is 12.4. The van der Waals surface area contributed by atoms with Crippen LogP contribution in [0.15, 0.2) is 0 Å². The Morgan fingerprint density at radius 2 is 2.05 bits per heavy atom. The summed E-state index contributed by atoms with van der Waals surface area (Å²) in [6.07, 6.45) is 4.66. The van der Waals surface area contributed by atoms with Gasteiger partial charge in [0.1, 0.15) is 6.04 Å². The Balaban J connectivity index is 2.01. The van der Waals surface area contributed by atoms with E-state index in [4.69, 9.17) is 0 Å². The van der Waals surface area contributed by atoms with Gasteiger partial charge in [0.25, 0.3) is 0 Å². The third-order valence-electron chi connectivity index (χ3n) is 4.55. The number of carbonyl (C=O) groups excluding carboxylic acids is 1. The molecule has 2 aliphatic rings. The van der Waals surface area contributed by atoms with Crippen LogP contribution in [0.3, 0.4) is 0 Å². The minimum Gasteiger partial charge on any atom is -0.396 e. The Morgan fingerprint density at radius 1 is 1.29 bits per heavy atom. The Morgan fingerprint density at radius 3 is 2.71 bits per heavy atom. The number of aliphatic hydroxyl groups excluding tert-OH is 1. The fourth-order valence-electron chi connectivity index (χ4n) is 3.43. The number of nitrogens with zero attached hydrogens (tertiary/aromatic N) is 1. The van der Waals surface area contributed by atoms with E-state index in [-0.39, 0.29) is 30.2 Å². The fraction of sp³-hybridized carbons (Fsp3) is 0.929. The molecule has 6 nitrogen and oxygen atoms in total. The molecule has 0 spiro atoms. The highest BCUT2D eigenvalue weighted by Gasteiger charge is 2.39. The molecule has 1 amide bonds. The maximum Gasteiger partial charge on any atom is 0.238 e. The van der Waals surface area contributed by atoms with E-state index in [0.717, 1.165) is 25.7 Å². The molecule has 1 saturated heterocycles. The molecule has 1 aliphatic carbocycles. The van der Waals surface area contributed by atoms with Gasteiger partial charge < -0.3 is 10.4 Å². The lowest BCUT2D eigenvalue weighted by Crippen LogP contribution is -2.50. The Labute approximate surface area is 126 Å². The van der Waals surface area contributed by atoms with Gasteiger partial charge in [-0.2, -0.15) is 4.31 Å². The Hall–Kier alpha value is -0.660. The minimum atomic E-state index is -3.33. The number of aliphatic hydroxyl groups is 1. The van der Waals surface area contributed by atoms with Crippen LogP contribution in [0.2, 0.25) is 0 Å². The van der Waals surface area contributed by atoms with Crippen molar-refractivity contribution in [1.82, 2.24) is 9.62 Å². The zero-order valence-electron chi connectivity index (χ0n) is 12.6. The van der Waals surface area contributed by atoms with Crippen LogP contribution in [-0.2, 0) is 14.8 Å². The molecule has 1 saturated carbocycles. The van der Waals surface area contributed by atoms with E-state index in [2.05, 4.69) is 5.32 Å². The summed E-state index contributed by atoms with van der Waals surface area (Å²) in [5, 5.41) is 12.3. The van der Waals surface area contributed by atoms with E-state index < -0.39 is 16.1 Å². The van der Waals surface area contributed by atoms with Gasteiger partial charge in [-0.3, -0.25) is 4.79 Å². The quantitative estimate of drug-likeness (QED) is 0.745. The van der Waals surface area contributed by atoms with Crippen LogP contribution in [0.1, 0.15) is 45.4 Å². The average Bonchev–Trinajstić information content (AvgIpc) is 3.07. The molecular formula is C14H26N2O4S. The SMILES string of the molecule is CCCS(=O)(=O)N1CCCC1C(=O)NC1CCCC1CO. The number of hydrogen-bond acceptors (Lipinski definition) is 4. The lowest BCUT2D eigenvalue weighted by atomic mass is 10.0. The van der Waals surface area contributed by atoms with Gasteiger partial charge >= 0.3 is 0 Å². The van der Waals surface area contributed by atoms with Gasteiger partial charge in [0.2, 0.25) is 15.9 Å². The standard InChI is InChI=1S/C14H26N2O4S/c1-2-9-21(19,20)16-8-4-7-13(16)14(18)15-12-6-3-5-11(12)10-17/h11-13,17H,2-10H2,1H3,(H,15,18). The van der Waals surface area contributed by atoms with Gasteiger partial charge in [-0.15, -0.1) is 0 Å². The molecule has 122 valence electrons. The first-order valence-electron chi connectivity index (χ1n) is 7.90. The molecule has 21 heavy (non-hydrogen) atoms. The highest BCUT2D eigenvalue weighted by Crippen LogP contribution is 2.27. The molecule has 2 rings (SSSR count). The number of nitrogens with one attached hydrogen (secondary N) is 1. The average molecular weight is 318 g/mol. The van der Waals surface area contributed by atoms with Crippen LogP contribution in [-0.4, -0.2) is 54.7 Å². The second-order valence-corrected chi connectivity index (χ2v) is 8.11. The molecule has 0 aromatic rings. The van der Waals surface area contributed by atoms with Crippen molar-refractivity contribution in [2.45, 2.75) is 57.5 Å². The second kappa shape index (κ2) is 7.07. The van der Waals surface area contributed by atoms with Gasteiger partial charge in [-0.1, -0.05) is 13.3 Å². The fourth-order valence-corrected chi connectivity index (χ4v) is 5.18. The lowest BCUT2D eigenvalue weighted by molar-refractivity contribution is -0.125. The lowest BCUT2D eigenvalue weighted by Gasteiger charge is -2.26. The zero-order valence-corrected chi connectivity index (χ0v) is 13.4. The van der Waals surface area contributed by atoms with E-state index in [9.17, 15) is 18.3 Å². The predicted octanol–water partition coefficient (Wildman–Crippen LogP) is 0.468. The third kappa shape index (κ3) is 3.76. The molecule has 3 atom stereocenters. The summed E-state index contributed by atoms with van der Waals surface area (Å²) < 4.78 is 25.8. The summed E-state index contributed by atoms with van der Waals surface area (Å²) >= 11 is 0. The Bertz CT molecular complexity index is 466. The van der Waals surface area contributed by atoms with E-state index in [0.29, 0.717) is 19.4 Å². The summed E-state index contributed by atoms with van der Waals surface area (Å²) in [6.45, 7) is 2.34. The van der Waals surface area contributed by atoms with Crippen molar-refractivity contribution in [3.8, 4) is 0 Å². The van der Waals surface area contributed by atoms with Crippen LogP contribution in [0.4, 0.5) is 0 Å². The van der Waals surface area contributed by atoms with Crippen LogP contribution >= 0.6 is 0 Å². The number of sulfonamides is 1. The van der Waals surface area contributed by atoms with E-state index >= 15 is 0 Å². The number of hydrogen-bond donors (Lipinski definition) is 2. The number of carbonyl (C=O) groups is 1. The first kappa shape index (κ1) is 16.7. The van der Waals surface area contributed by atoms with Crippen molar-refractivity contribution < 1.29 is 18.3 Å². The summed E-state index contributed by atoms with van der Waals surface area (Å²) in [5.41, 5.74) is 0. The molecular weight excluding hydrogens is 292 g/mol. The molecule has 0 aromatic heterocycles.